The van der Waals surface area contributed by atoms with Crippen LogP contribution in [0.25, 0.3) is 10.9 Å². The van der Waals surface area contributed by atoms with E-state index in [1.165, 1.54) is 0 Å². The highest BCUT2D eigenvalue weighted by atomic mass is 16.5. The first-order chi connectivity index (χ1) is 12.8. The number of benzene rings is 1. The lowest BCUT2D eigenvalue weighted by atomic mass is 10.1. The van der Waals surface area contributed by atoms with Gasteiger partial charge in [0.05, 0.1) is 24.2 Å². The fourth-order valence-corrected chi connectivity index (χ4v) is 3.15. The number of anilines is 1. The first kappa shape index (κ1) is 16.4. The number of pyridine rings is 1. The predicted octanol–water partition coefficient (Wildman–Crippen LogP) is 2.28. The third-order valence-electron chi connectivity index (χ3n) is 4.46. The van der Waals surface area contributed by atoms with Gasteiger partial charge < -0.3 is 15.0 Å². The normalized spacial score (nSPS) is 17.3. The minimum Gasteiger partial charge on any atom is -0.372 e. The van der Waals surface area contributed by atoms with Crippen molar-refractivity contribution in [2.24, 2.45) is 0 Å². The molecule has 0 saturated carbocycles. The number of hydrogen-bond acceptors (Lipinski definition) is 6. The molecule has 0 spiro atoms. The summed E-state index contributed by atoms with van der Waals surface area (Å²) in [5, 5.41) is 3.97. The second-order valence-corrected chi connectivity index (χ2v) is 6.07. The van der Waals surface area contributed by atoms with Gasteiger partial charge in [-0.15, -0.1) is 0 Å². The van der Waals surface area contributed by atoms with Gasteiger partial charge in [-0.3, -0.25) is 14.8 Å². The zero-order chi connectivity index (χ0) is 17.9. The fourth-order valence-electron chi connectivity index (χ4n) is 3.15. The molecule has 7 nitrogen and oxygen atoms in total. The number of rotatable bonds is 3. The van der Waals surface area contributed by atoms with Crippen molar-refractivity contribution in [2.75, 3.05) is 32.1 Å². The SMILES string of the molecule is CNc1nccnc1C1CN(C(=O)c2cnc3ccccc3c2)CCO1. The maximum absolute atomic E-state index is 13.0. The van der Waals surface area contributed by atoms with E-state index in [4.69, 9.17) is 4.74 Å². The van der Waals surface area contributed by atoms with E-state index in [-0.39, 0.29) is 12.0 Å². The minimum atomic E-state index is -0.308. The molecule has 0 bridgehead atoms. The molecular formula is C19H19N5O2. The molecule has 4 rings (SSSR count). The van der Waals surface area contributed by atoms with Crippen LogP contribution in [0.5, 0.6) is 0 Å². The summed E-state index contributed by atoms with van der Waals surface area (Å²) in [6.07, 6.45) is 4.59. The number of fused-ring (bicyclic) bond motifs is 1. The molecule has 1 aromatic carbocycles. The van der Waals surface area contributed by atoms with Crippen LogP contribution < -0.4 is 5.32 Å². The molecule has 0 radical (unpaired) electrons. The van der Waals surface area contributed by atoms with Gasteiger partial charge in [-0.1, -0.05) is 18.2 Å². The van der Waals surface area contributed by atoms with Crippen LogP contribution in [0.1, 0.15) is 22.2 Å². The summed E-state index contributed by atoms with van der Waals surface area (Å²) in [5.74, 6) is 0.616. The van der Waals surface area contributed by atoms with Crippen molar-refractivity contribution >= 4 is 22.6 Å². The highest BCUT2D eigenvalue weighted by Crippen LogP contribution is 2.26. The second-order valence-electron chi connectivity index (χ2n) is 6.07. The van der Waals surface area contributed by atoms with Crippen LogP contribution in [0.4, 0.5) is 5.82 Å². The Morgan fingerprint density at radius 1 is 1.23 bits per heavy atom. The van der Waals surface area contributed by atoms with Crippen LogP contribution in [0, 0.1) is 0 Å². The molecule has 1 saturated heterocycles. The maximum atomic E-state index is 13.0. The van der Waals surface area contributed by atoms with Gasteiger partial charge >= 0.3 is 0 Å². The van der Waals surface area contributed by atoms with Gasteiger partial charge in [0.2, 0.25) is 0 Å². The molecule has 1 amide bonds. The van der Waals surface area contributed by atoms with Gasteiger partial charge in [0.15, 0.2) is 0 Å². The lowest BCUT2D eigenvalue weighted by molar-refractivity contribution is -0.0245. The first-order valence-electron chi connectivity index (χ1n) is 8.50. The lowest BCUT2D eigenvalue weighted by Gasteiger charge is -2.33. The standard InChI is InChI=1S/C19H19N5O2/c1-20-18-17(21-6-7-22-18)16-12-24(8-9-26-16)19(25)14-10-13-4-2-3-5-15(13)23-11-14/h2-7,10-11,16H,8-9,12H2,1H3,(H,20,22). The van der Waals surface area contributed by atoms with E-state index in [0.717, 1.165) is 10.9 Å². The van der Waals surface area contributed by atoms with Crippen LogP contribution in [-0.4, -0.2) is 52.5 Å². The summed E-state index contributed by atoms with van der Waals surface area (Å²) in [4.78, 5) is 27.8. The van der Waals surface area contributed by atoms with Crippen molar-refractivity contribution in [1.82, 2.24) is 19.9 Å². The zero-order valence-corrected chi connectivity index (χ0v) is 14.4. The summed E-state index contributed by atoms with van der Waals surface area (Å²) in [5.41, 5.74) is 2.17. The molecule has 26 heavy (non-hydrogen) atoms. The van der Waals surface area contributed by atoms with Gasteiger partial charge in [-0.25, -0.2) is 4.98 Å². The number of para-hydroxylation sites is 1. The van der Waals surface area contributed by atoms with E-state index in [9.17, 15) is 4.79 Å². The minimum absolute atomic E-state index is 0.0496. The second kappa shape index (κ2) is 7.05. The Labute approximate surface area is 151 Å². The summed E-state index contributed by atoms with van der Waals surface area (Å²) >= 11 is 0. The van der Waals surface area contributed by atoms with Gasteiger partial charge in [0, 0.05) is 37.6 Å². The molecule has 7 heteroatoms. The zero-order valence-electron chi connectivity index (χ0n) is 14.4. The molecular weight excluding hydrogens is 330 g/mol. The monoisotopic (exact) mass is 349 g/mol. The summed E-state index contributed by atoms with van der Waals surface area (Å²) in [6.45, 7) is 1.42. The molecule has 1 aliphatic rings. The van der Waals surface area contributed by atoms with E-state index < -0.39 is 0 Å². The summed E-state index contributed by atoms with van der Waals surface area (Å²) in [6, 6.07) is 9.65. The summed E-state index contributed by atoms with van der Waals surface area (Å²) in [7, 11) is 1.79. The largest absolute Gasteiger partial charge is 0.372 e. The number of nitrogens with zero attached hydrogens (tertiary/aromatic N) is 4. The Morgan fingerprint density at radius 2 is 2.08 bits per heavy atom. The molecule has 132 valence electrons. The Kier molecular flexibility index (Phi) is 4.45. The average Bonchev–Trinajstić information content (AvgIpc) is 2.73. The number of hydrogen-bond donors (Lipinski definition) is 1. The Balaban J connectivity index is 1.57. The molecule has 1 aliphatic heterocycles. The molecule has 2 aromatic heterocycles. The molecule has 1 fully saturated rings. The van der Waals surface area contributed by atoms with Crippen molar-refractivity contribution in [2.45, 2.75) is 6.10 Å². The Bertz CT molecular complexity index is 946. The molecule has 0 aliphatic carbocycles. The lowest BCUT2D eigenvalue weighted by Crippen LogP contribution is -2.42. The maximum Gasteiger partial charge on any atom is 0.255 e. The molecule has 1 unspecified atom stereocenters. The average molecular weight is 349 g/mol. The number of morpholine rings is 1. The van der Waals surface area contributed by atoms with Crippen LogP contribution >= 0.6 is 0 Å². The predicted molar refractivity (Wildman–Crippen MR) is 97.9 cm³/mol. The van der Waals surface area contributed by atoms with Crippen molar-refractivity contribution in [3.05, 3.63) is 60.2 Å². The fraction of sp³-hybridized carbons (Fsp3) is 0.263. The van der Waals surface area contributed by atoms with Gasteiger partial charge in [-0.2, -0.15) is 0 Å². The highest BCUT2D eigenvalue weighted by Gasteiger charge is 2.29. The topological polar surface area (TPSA) is 80.2 Å². The summed E-state index contributed by atoms with van der Waals surface area (Å²) < 4.78 is 5.84. The van der Waals surface area contributed by atoms with Crippen molar-refractivity contribution in [3.8, 4) is 0 Å². The number of carbonyl (C=O) groups is 1. The van der Waals surface area contributed by atoms with Crippen molar-refractivity contribution < 1.29 is 9.53 Å². The Hall–Kier alpha value is -3.06. The van der Waals surface area contributed by atoms with Crippen LogP contribution in [0.2, 0.25) is 0 Å². The highest BCUT2D eigenvalue weighted by molar-refractivity contribution is 5.97. The third-order valence-corrected chi connectivity index (χ3v) is 4.46. The quantitative estimate of drug-likeness (QED) is 0.781. The van der Waals surface area contributed by atoms with Gasteiger partial charge in [0.1, 0.15) is 17.6 Å². The number of carbonyl (C=O) groups excluding carboxylic acids is 1. The van der Waals surface area contributed by atoms with Gasteiger partial charge in [-0.05, 0) is 12.1 Å². The molecule has 3 aromatic rings. The Morgan fingerprint density at radius 3 is 2.96 bits per heavy atom. The van der Waals surface area contributed by atoms with Crippen molar-refractivity contribution in [3.63, 3.8) is 0 Å². The van der Waals surface area contributed by atoms with Crippen molar-refractivity contribution in [1.29, 1.82) is 0 Å². The van der Waals surface area contributed by atoms with E-state index in [1.54, 1.807) is 30.5 Å². The number of nitrogens with one attached hydrogen (secondary N) is 1. The number of ether oxygens (including phenoxy) is 1. The van der Waals surface area contributed by atoms with E-state index >= 15 is 0 Å². The third kappa shape index (κ3) is 3.09. The van der Waals surface area contributed by atoms with Crippen LogP contribution in [0.15, 0.2) is 48.9 Å². The molecule has 3 heterocycles. The van der Waals surface area contributed by atoms with Gasteiger partial charge in [0.25, 0.3) is 5.91 Å². The van der Waals surface area contributed by atoms with E-state index in [0.29, 0.717) is 36.8 Å². The number of amides is 1. The van der Waals surface area contributed by atoms with Crippen LogP contribution in [0.3, 0.4) is 0 Å². The van der Waals surface area contributed by atoms with E-state index in [2.05, 4.69) is 20.3 Å². The molecule has 1 atom stereocenters. The van der Waals surface area contributed by atoms with Crippen LogP contribution in [-0.2, 0) is 4.74 Å². The number of aromatic nitrogens is 3. The molecule has 1 N–H and O–H groups in total. The van der Waals surface area contributed by atoms with E-state index in [1.807, 2.05) is 30.3 Å². The first-order valence-corrected chi connectivity index (χ1v) is 8.50. The smallest absolute Gasteiger partial charge is 0.255 e.